The van der Waals surface area contributed by atoms with Gasteiger partial charge in [0.2, 0.25) is 5.76 Å². The monoisotopic (exact) mass is 148 g/mol. The van der Waals surface area contributed by atoms with Gasteiger partial charge >= 0.3 is 0 Å². The molecule has 0 aromatic heterocycles. The Balaban J connectivity index is 3.02. The average molecular weight is 148 g/mol. The predicted molar refractivity (Wildman–Crippen MR) is 42.6 cm³/mol. The summed E-state index contributed by atoms with van der Waals surface area (Å²) in [6.07, 6.45) is 0. The van der Waals surface area contributed by atoms with E-state index in [-0.39, 0.29) is 5.76 Å². The van der Waals surface area contributed by atoms with Crippen molar-refractivity contribution < 1.29 is 9.53 Å². The third-order valence-electron chi connectivity index (χ3n) is 1.33. The topological polar surface area (TPSA) is 26.3 Å². The number of hydrogen-bond donors (Lipinski definition) is 0. The molecule has 0 heterocycles. The van der Waals surface area contributed by atoms with Crippen LogP contribution < -0.4 is 0 Å². The number of rotatable bonds is 2. The molecule has 0 unspecified atom stereocenters. The molecule has 1 aromatic carbocycles. The van der Waals surface area contributed by atoms with E-state index < -0.39 is 0 Å². The lowest BCUT2D eigenvalue weighted by Gasteiger charge is -1.99. The molecule has 0 fully saturated rings. The molecule has 2 heteroatoms. The summed E-state index contributed by atoms with van der Waals surface area (Å²) in [6, 6.07) is 9.15. The Morgan fingerprint density at radius 3 is 2.45 bits per heavy atom. The first-order valence-corrected chi connectivity index (χ1v) is 3.23. The first kappa shape index (κ1) is 7.58. The Morgan fingerprint density at radius 1 is 1.36 bits per heavy atom. The fraction of sp³-hybridized carbons (Fsp3) is 0.111. The zero-order valence-corrected chi connectivity index (χ0v) is 6.20. The second-order valence-corrected chi connectivity index (χ2v) is 2.00. The van der Waals surface area contributed by atoms with E-state index in [0.29, 0.717) is 0 Å². The fourth-order valence-electron chi connectivity index (χ4n) is 0.808. The van der Waals surface area contributed by atoms with Gasteiger partial charge in [0.15, 0.2) is 5.94 Å². The lowest BCUT2D eigenvalue weighted by molar-refractivity contribution is 0.371. The molecule has 0 N–H and O–H groups in total. The van der Waals surface area contributed by atoms with Crippen molar-refractivity contribution in [3.8, 4) is 0 Å². The molecular formula is C9H8O2. The van der Waals surface area contributed by atoms with E-state index in [1.807, 2.05) is 18.2 Å². The summed E-state index contributed by atoms with van der Waals surface area (Å²) in [5.41, 5.74) is 0.755. The summed E-state index contributed by atoms with van der Waals surface area (Å²) in [5.74, 6) is 1.95. The van der Waals surface area contributed by atoms with E-state index in [1.165, 1.54) is 7.11 Å². The minimum absolute atomic E-state index is 0.241. The Kier molecular flexibility index (Phi) is 2.47. The highest BCUT2D eigenvalue weighted by Gasteiger charge is 1.98. The van der Waals surface area contributed by atoms with Crippen LogP contribution in [0, 0.1) is 0 Å². The molecule has 0 aliphatic carbocycles. The number of hydrogen-bond acceptors (Lipinski definition) is 2. The van der Waals surface area contributed by atoms with Crippen molar-refractivity contribution in [2.75, 3.05) is 7.11 Å². The van der Waals surface area contributed by atoms with Crippen molar-refractivity contribution in [2.24, 2.45) is 0 Å². The molecule has 56 valence electrons. The smallest absolute Gasteiger partial charge is 0.210 e. The highest BCUT2D eigenvalue weighted by atomic mass is 16.5. The molecule has 0 radical (unpaired) electrons. The van der Waals surface area contributed by atoms with Crippen LogP contribution in [0.1, 0.15) is 5.56 Å². The third-order valence-corrected chi connectivity index (χ3v) is 1.33. The highest BCUT2D eigenvalue weighted by molar-refractivity contribution is 5.82. The van der Waals surface area contributed by atoms with Gasteiger partial charge in [0.05, 0.1) is 7.11 Å². The molecule has 0 atom stereocenters. The van der Waals surface area contributed by atoms with Crippen LogP contribution in [0.15, 0.2) is 30.3 Å². The summed E-state index contributed by atoms with van der Waals surface area (Å²) in [7, 11) is 1.45. The highest BCUT2D eigenvalue weighted by Crippen LogP contribution is 2.09. The molecule has 0 spiro atoms. The minimum Gasteiger partial charge on any atom is -0.486 e. The van der Waals surface area contributed by atoms with Gasteiger partial charge in [-0.1, -0.05) is 30.3 Å². The van der Waals surface area contributed by atoms with Crippen LogP contribution in [0.2, 0.25) is 0 Å². The van der Waals surface area contributed by atoms with Crippen LogP contribution in [0.25, 0.3) is 5.76 Å². The van der Waals surface area contributed by atoms with Gasteiger partial charge in [0.25, 0.3) is 0 Å². The van der Waals surface area contributed by atoms with Crippen molar-refractivity contribution in [2.45, 2.75) is 0 Å². The number of methoxy groups -OCH3 is 1. The number of carbonyl (C=O) groups excluding carboxylic acids is 1. The quantitative estimate of drug-likeness (QED) is 0.469. The van der Waals surface area contributed by atoms with E-state index >= 15 is 0 Å². The van der Waals surface area contributed by atoms with E-state index in [9.17, 15) is 4.79 Å². The van der Waals surface area contributed by atoms with Crippen LogP contribution in [-0.4, -0.2) is 13.1 Å². The second-order valence-electron chi connectivity index (χ2n) is 2.00. The summed E-state index contributed by atoms with van der Waals surface area (Å²) >= 11 is 0. The van der Waals surface area contributed by atoms with Gasteiger partial charge in [-0.25, -0.2) is 4.79 Å². The standard InChI is InChI=1S/C9H8O2/c1-11-9(7-10)8-5-3-2-4-6-8/h2-6H,1H3. The largest absolute Gasteiger partial charge is 0.486 e. The molecule has 11 heavy (non-hydrogen) atoms. The minimum atomic E-state index is 0.241. The van der Waals surface area contributed by atoms with Crippen LogP contribution in [0.4, 0.5) is 0 Å². The SMILES string of the molecule is COC(=C=O)c1ccccc1. The fourth-order valence-corrected chi connectivity index (χ4v) is 0.808. The van der Waals surface area contributed by atoms with Crippen molar-refractivity contribution in [3.05, 3.63) is 35.9 Å². The third kappa shape index (κ3) is 1.69. The maximum Gasteiger partial charge on any atom is 0.210 e. The van der Waals surface area contributed by atoms with E-state index in [2.05, 4.69) is 0 Å². The van der Waals surface area contributed by atoms with Gasteiger partial charge in [-0.05, 0) is 0 Å². The van der Waals surface area contributed by atoms with Gasteiger partial charge < -0.3 is 4.74 Å². The molecule has 0 saturated heterocycles. The molecule has 0 amide bonds. The van der Waals surface area contributed by atoms with E-state index in [1.54, 1.807) is 18.1 Å². The van der Waals surface area contributed by atoms with Crippen molar-refractivity contribution in [1.29, 1.82) is 0 Å². The molecule has 0 bridgehead atoms. The van der Waals surface area contributed by atoms with Gasteiger partial charge in [0.1, 0.15) is 0 Å². The number of benzene rings is 1. The zero-order valence-electron chi connectivity index (χ0n) is 6.20. The van der Waals surface area contributed by atoms with E-state index in [0.717, 1.165) is 5.56 Å². The van der Waals surface area contributed by atoms with Crippen molar-refractivity contribution in [1.82, 2.24) is 0 Å². The Bertz CT molecular complexity index is 271. The lowest BCUT2D eigenvalue weighted by atomic mass is 10.2. The average Bonchev–Trinajstić information content (AvgIpc) is 2.09. The van der Waals surface area contributed by atoms with Gasteiger partial charge in [0, 0.05) is 5.56 Å². The van der Waals surface area contributed by atoms with Gasteiger partial charge in [-0.3, -0.25) is 0 Å². The first-order valence-electron chi connectivity index (χ1n) is 3.23. The molecule has 1 aromatic rings. The predicted octanol–water partition coefficient (Wildman–Crippen LogP) is 1.51. The Hall–Kier alpha value is -1.53. The maximum atomic E-state index is 10.2. The van der Waals surface area contributed by atoms with Crippen LogP contribution in [0.3, 0.4) is 0 Å². The zero-order chi connectivity index (χ0) is 8.10. The van der Waals surface area contributed by atoms with Crippen LogP contribution in [0.5, 0.6) is 0 Å². The molecule has 0 aliphatic heterocycles. The Morgan fingerprint density at radius 2 is 2.00 bits per heavy atom. The van der Waals surface area contributed by atoms with E-state index in [4.69, 9.17) is 4.74 Å². The molecular weight excluding hydrogens is 140 g/mol. The maximum absolute atomic E-state index is 10.2. The summed E-state index contributed by atoms with van der Waals surface area (Å²) in [6.45, 7) is 0. The van der Waals surface area contributed by atoms with Crippen molar-refractivity contribution >= 4 is 11.7 Å². The van der Waals surface area contributed by atoms with Crippen LogP contribution in [-0.2, 0) is 9.53 Å². The summed E-state index contributed by atoms with van der Waals surface area (Å²) < 4.78 is 4.78. The summed E-state index contributed by atoms with van der Waals surface area (Å²) in [4.78, 5) is 10.2. The summed E-state index contributed by atoms with van der Waals surface area (Å²) in [5, 5.41) is 0. The molecule has 0 aliphatic rings. The lowest BCUT2D eigenvalue weighted by Crippen LogP contribution is -1.86. The second kappa shape index (κ2) is 3.59. The van der Waals surface area contributed by atoms with Gasteiger partial charge in [-0.15, -0.1) is 0 Å². The van der Waals surface area contributed by atoms with Crippen LogP contribution >= 0.6 is 0 Å². The normalized spacial score (nSPS) is 8.45. The number of ether oxygens (including phenoxy) is 1. The Labute approximate surface area is 65.1 Å². The van der Waals surface area contributed by atoms with Gasteiger partial charge in [-0.2, -0.15) is 0 Å². The van der Waals surface area contributed by atoms with Crippen molar-refractivity contribution in [3.63, 3.8) is 0 Å². The molecule has 1 rings (SSSR count). The molecule has 0 saturated carbocycles. The molecule has 2 nitrogen and oxygen atoms in total. The first-order chi connectivity index (χ1) is 5.38.